The summed E-state index contributed by atoms with van der Waals surface area (Å²) in [5.74, 6) is 6.83. The molecule has 2 heterocycles. The molecule has 3 N–H and O–H groups in total. The third-order valence-corrected chi connectivity index (χ3v) is 3.49. The molecule has 1 aliphatic rings. The molecule has 0 unspecified atom stereocenters. The van der Waals surface area contributed by atoms with E-state index in [1.54, 1.807) is 12.4 Å². The van der Waals surface area contributed by atoms with E-state index in [2.05, 4.69) is 49.5 Å². The number of nitrogens with two attached hydrogens (primary N) is 1. The molecule has 0 aliphatic carbocycles. The Morgan fingerprint density at radius 3 is 2.35 bits per heavy atom. The third-order valence-electron chi connectivity index (χ3n) is 3.49. The molecule has 1 aromatic heterocycles. The summed E-state index contributed by atoms with van der Waals surface area (Å²) in [6.45, 7) is 3.81. The summed E-state index contributed by atoms with van der Waals surface area (Å²) < 4.78 is 0. The monoisotopic (exact) mass is 270 g/mol. The van der Waals surface area contributed by atoms with E-state index < -0.39 is 0 Å². The molecule has 20 heavy (non-hydrogen) atoms. The summed E-state index contributed by atoms with van der Waals surface area (Å²) in [4.78, 5) is 13.2. The Morgan fingerprint density at radius 2 is 1.65 bits per heavy atom. The normalized spacial score (nSPS) is 15.2. The van der Waals surface area contributed by atoms with Crippen LogP contribution in [0.2, 0.25) is 0 Å². The lowest BCUT2D eigenvalue weighted by molar-refractivity contribution is 0.646. The van der Waals surface area contributed by atoms with Crippen molar-refractivity contribution < 1.29 is 0 Å². The van der Waals surface area contributed by atoms with Gasteiger partial charge in [0.25, 0.3) is 0 Å². The van der Waals surface area contributed by atoms with Gasteiger partial charge in [-0.2, -0.15) is 0 Å². The number of nitrogens with zero attached hydrogens (tertiary/aromatic N) is 4. The van der Waals surface area contributed by atoms with Gasteiger partial charge in [0, 0.05) is 31.9 Å². The number of nitrogen functional groups attached to an aromatic ring is 1. The average molecular weight is 270 g/mol. The maximum Gasteiger partial charge on any atom is 0.160 e. The quantitative estimate of drug-likeness (QED) is 0.642. The molecule has 0 spiro atoms. The van der Waals surface area contributed by atoms with Crippen LogP contribution in [0.4, 0.5) is 17.3 Å². The SMILES string of the molecule is NNc1cncc(N2CCN(c3ccccc3)CC2)n1. The number of hydrogen-bond acceptors (Lipinski definition) is 6. The Labute approximate surface area is 118 Å². The summed E-state index contributed by atoms with van der Waals surface area (Å²) in [5.41, 5.74) is 3.80. The zero-order valence-electron chi connectivity index (χ0n) is 11.2. The minimum Gasteiger partial charge on any atom is -0.368 e. The van der Waals surface area contributed by atoms with Crippen LogP contribution in [-0.2, 0) is 0 Å². The average Bonchev–Trinajstić information content (AvgIpc) is 2.56. The van der Waals surface area contributed by atoms with Crippen molar-refractivity contribution >= 4 is 17.3 Å². The summed E-state index contributed by atoms with van der Waals surface area (Å²) in [5, 5.41) is 0. The predicted molar refractivity (Wildman–Crippen MR) is 80.7 cm³/mol. The highest BCUT2D eigenvalue weighted by Crippen LogP contribution is 2.19. The van der Waals surface area contributed by atoms with Crippen LogP contribution in [-0.4, -0.2) is 36.1 Å². The van der Waals surface area contributed by atoms with Gasteiger partial charge in [0.15, 0.2) is 5.82 Å². The van der Waals surface area contributed by atoms with Gasteiger partial charge in [-0.25, -0.2) is 10.8 Å². The Bertz CT molecular complexity index is 551. The van der Waals surface area contributed by atoms with Crippen molar-refractivity contribution in [3.63, 3.8) is 0 Å². The maximum atomic E-state index is 5.37. The van der Waals surface area contributed by atoms with Crippen molar-refractivity contribution in [3.8, 4) is 0 Å². The Balaban J connectivity index is 1.66. The van der Waals surface area contributed by atoms with Gasteiger partial charge in [-0.3, -0.25) is 4.98 Å². The lowest BCUT2D eigenvalue weighted by Gasteiger charge is -2.36. The first-order valence-electron chi connectivity index (χ1n) is 6.70. The minimum atomic E-state index is 0.591. The molecule has 1 aliphatic heterocycles. The summed E-state index contributed by atoms with van der Waals surface area (Å²) in [7, 11) is 0. The van der Waals surface area contributed by atoms with Crippen molar-refractivity contribution in [2.75, 3.05) is 41.4 Å². The summed E-state index contributed by atoms with van der Waals surface area (Å²) in [6.07, 6.45) is 3.39. The first-order chi connectivity index (χ1) is 9.86. The van der Waals surface area contributed by atoms with Crippen LogP contribution >= 0.6 is 0 Å². The number of nitrogens with one attached hydrogen (secondary N) is 1. The first-order valence-corrected chi connectivity index (χ1v) is 6.70. The number of para-hydroxylation sites is 1. The third kappa shape index (κ3) is 2.65. The van der Waals surface area contributed by atoms with Gasteiger partial charge in [-0.15, -0.1) is 0 Å². The van der Waals surface area contributed by atoms with Gasteiger partial charge >= 0.3 is 0 Å². The zero-order chi connectivity index (χ0) is 13.8. The smallest absolute Gasteiger partial charge is 0.160 e. The second-order valence-corrected chi connectivity index (χ2v) is 4.72. The van der Waals surface area contributed by atoms with Gasteiger partial charge < -0.3 is 15.2 Å². The van der Waals surface area contributed by atoms with Crippen molar-refractivity contribution in [2.45, 2.75) is 0 Å². The van der Waals surface area contributed by atoms with Gasteiger partial charge in [0.05, 0.1) is 12.4 Å². The number of hydrogen-bond donors (Lipinski definition) is 2. The molecule has 1 fully saturated rings. The van der Waals surface area contributed by atoms with Crippen LogP contribution in [0, 0.1) is 0 Å². The van der Waals surface area contributed by atoms with Crippen LogP contribution in [0.1, 0.15) is 0 Å². The molecule has 0 amide bonds. The van der Waals surface area contributed by atoms with Crippen molar-refractivity contribution in [3.05, 3.63) is 42.7 Å². The van der Waals surface area contributed by atoms with Gasteiger partial charge in [-0.1, -0.05) is 18.2 Å². The van der Waals surface area contributed by atoms with Crippen LogP contribution in [0.5, 0.6) is 0 Å². The van der Waals surface area contributed by atoms with E-state index in [0.29, 0.717) is 5.82 Å². The van der Waals surface area contributed by atoms with E-state index in [0.717, 1.165) is 32.0 Å². The van der Waals surface area contributed by atoms with E-state index in [1.165, 1.54) is 5.69 Å². The van der Waals surface area contributed by atoms with Crippen LogP contribution in [0.25, 0.3) is 0 Å². The molecule has 1 aromatic carbocycles. The van der Waals surface area contributed by atoms with Crippen molar-refractivity contribution in [1.29, 1.82) is 0 Å². The predicted octanol–water partition coefficient (Wildman–Crippen LogP) is 1.09. The second-order valence-electron chi connectivity index (χ2n) is 4.72. The van der Waals surface area contributed by atoms with E-state index in [-0.39, 0.29) is 0 Å². The first kappa shape index (κ1) is 12.7. The molecule has 104 valence electrons. The Hall–Kier alpha value is -2.34. The van der Waals surface area contributed by atoms with E-state index >= 15 is 0 Å². The van der Waals surface area contributed by atoms with E-state index in [9.17, 15) is 0 Å². The van der Waals surface area contributed by atoms with Gasteiger partial charge in [0.2, 0.25) is 0 Å². The summed E-state index contributed by atoms with van der Waals surface area (Å²) in [6, 6.07) is 10.5. The fraction of sp³-hybridized carbons (Fsp3) is 0.286. The van der Waals surface area contributed by atoms with E-state index in [1.807, 2.05) is 6.07 Å². The maximum absolute atomic E-state index is 5.37. The van der Waals surface area contributed by atoms with Crippen molar-refractivity contribution in [1.82, 2.24) is 9.97 Å². The highest BCUT2D eigenvalue weighted by Gasteiger charge is 2.18. The molecule has 3 rings (SSSR count). The molecular weight excluding hydrogens is 252 g/mol. The Morgan fingerprint density at radius 1 is 0.950 bits per heavy atom. The summed E-state index contributed by atoms with van der Waals surface area (Å²) >= 11 is 0. The topological polar surface area (TPSA) is 70.3 Å². The number of piperazine rings is 1. The van der Waals surface area contributed by atoms with Crippen LogP contribution < -0.4 is 21.1 Å². The highest BCUT2D eigenvalue weighted by molar-refractivity contribution is 5.49. The van der Waals surface area contributed by atoms with E-state index in [4.69, 9.17) is 5.84 Å². The van der Waals surface area contributed by atoms with Crippen LogP contribution in [0.15, 0.2) is 42.7 Å². The largest absolute Gasteiger partial charge is 0.368 e. The number of rotatable bonds is 3. The number of aromatic nitrogens is 2. The minimum absolute atomic E-state index is 0.591. The molecule has 0 atom stereocenters. The molecule has 1 saturated heterocycles. The standard InChI is InChI=1S/C14H18N6/c15-18-13-10-16-11-14(17-13)20-8-6-19(7-9-20)12-4-2-1-3-5-12/h1-5,10-11H,6-9,15H2,(H,17,18). The fourth-order valence-electron chi connectivity index (χ4n) is 2.41. The van der Waals surface area contributed by atoms with Crippen LogP contribution in [0.3, 0.4) is 0 Å². The lowest BCUT2D eigenvalue weighted by Crippen LogP contribution is -2.46. The molecule has 6 heteroatoms. The molecule has 0 saturated carbocycles. The number of hydrazine groups is 1. The number of anilines is 3. The Kier molecular flexibility index (Phi) is 3.64. The second kappa shape index (κ2) is 5.75. The molecule has 0 radical (unpaired) electrons. The van der Waals surface area contributed by atoms with Crippen molar-refractivity contribution in [2.24, 2.45) is 5.84 Å². The van der Waals surface area contributed by atoms with Gasteiger partial charge in [-0.05, 0) is 12.1 Å². The lowest BCUT2D eigenvalue weighted by atomic mass is 10.2. The zero-order valence-corrected chi connectivity index (χ0v) is 11.2. The fourth-order valence-corrected chi connectivity index (χ4v) is 2.41. The van der Waals surface area contributed by atoms with Gasteiger partial charge in [0.1, 0.15) is 5.82 Å². The highest BCUT2D eigenvalue weighted by atomic mass is 15.3. The molecule has 0 bridgehead atoms. The molecule has 2 aromatic rings. The molecule has 6 nitrogen and oxygen atoms in total. The molecular formula is C14H18N6. The number of benzene rings is 1.